The van der Waals surface area contributed by atoms with Gasteiger partial charge in [-0.1, -0.05) is 54.1 Å². The summed E-state index contributed by atoms with van der Waals surface area (Å²) < 4.78 is 16.7. The summed E-state index contributed by atoms with van der Waals surface area (Å²) in [6.07, 6.45) is 1.35. The molecule has 0 fully saturated rings. The third kappa shape index (κ3) is 6.73. The van der Waals surface area contributed by atoms with E-state index in [1.807, 2.05) is 37.3 Å². The molecule has 176 valence electrons. The number of hydrazone groups is 1. The van der Waals surface area contributed by atoms with E-state index in [0.717, 1.165) is 5.56 Å². The summed E-state index contributed by atoms with van der Waals surface area (Å²) in [7, 11) is 1.47. The number of nitrogens with one attached hydrogen (secondary N) is 2. The highest BCUT2D eigenvalue weighted by Gasteiger charge is 2.16. The lowest BCUT2D eigenvalue weighted by molar-refractivity contribution is -0.136. The van der Waals surface area contributed by atoms with Gasteiger partial charge in [-0.2, -0.15) is 5.10 Å². The Balaban J connectivity index is 1.65. The smallest absolute Gasteiger partial charge is 0.329 e. The van der Waals surface area contributed by atoms with Gasteiger partial charge in [-0.15, -0.1) is 0 Å². The van der Waals surface area contributed by atoms with Crippen LogP contribution in [0.2, 0.25) is 5.02 Å². The zero-order chi connectivity index (χ0) is 24.3. The number of benzene rings is 3. The van der Waals surface area contributed by atoms with E-state index in [1.54, 1.807) is 36.4 Å². The maximum Gasteiger partial charge on any atom is 0.329 e. The molecule has 0 atom stereocenters. The SMILES string of the molecule is CCOc1cc(/C=N\NC(=O)C(=O)Nc2ccccc2OC)cc(Cl)c1OCc1ccccc1. The van der Waals surface area contributed by atoms with Crippen LogP contribution in [0.3, 0.4) is 0 Å². The molecule has 0 aromatic heterocycles. The van der Waals surface area contributed by atoms with E-state index in [4.69, 9.17) is 25.8 Å². The van der Waals surface area contributed by atoms with Gasteiger partial charge in [0, 0.05) is 0 Å². The van der Waals surface area contributed by atoms with Crippen LogP contribution in [0.1, 0.15) is 18.1 Å². The predicted molar refractivity (Wildman–Crippen MR) is 131 cm³/mol. The van der Waals surface area contributed by atoms with Crippen LogP contribution in [0.25, 0.3) is 0 Å². The third-order valence-electron chi connectivity index (χ3n) is 4.50. The molecule has 0 aliphatic carbocycles. The first kappa shape index (κ1) is 24.6. The molecule has 0 bridgehead atoms. The first-order valence-electron chi connectivity index (χ1n) is 10.4. The highest BCUT2D eigenvalue weighted by atomic mass is 35.5. The minimum atomic E-state index is -0.943. The number of carbonyl (C=O) groups excluding carboxylic acids is 2. The van der Waals surface area contributed by atoms with Gasteiger partial charge in [-0.3, -0.25) is 9.59 Å². The van der Waals surface area contributed by atoms with Gasteiger partial charge in [0.2, 0.25) is 0 Å². The summed E-state index contributed by atoms with van der Waals surface area (Å²) >= 11 is 6.42. The molecular formula is C25H24ClN3O5. The topological polar surface area (TPSA) is 98.2 Å². The minimum absolute atomic E-state index is 0.323. The van der Waals surface area contributed by atoms with Crippen molar-refractivity contribution in [1.82, 2.24) is 5.43 Å². The molecule has 9 heteroatoms. The van der Waals surface area contributed by atoms with Crippen molar-refractivity contribution in [2.45, 2.75) is 13.5 Å². The molecule has 3 rings (SSSR count). The van der Waals surface area contributed by atoms with Crippen LogP contribution in [0, 0.1) is 0 Å². The summed E-state index contributed by atoms with van der Waals surface area (Å²) in [6.45, 7) is 2.57. The lowest BCUT2D eigenvalue weighted by atomic mass is 10.2. The van der Waals surface area contributed by atoms with Crippen LogP contribution in [-0.4, -0.2) is 31.7 Å². The molecule has 0 saturated heterocycles. The standard InChI is InChI=1S/C25H24ClN3O5/c1-3-33-22-14-18(13-19(26)23(22)34-16-17-9-5-4-6-10-17)15-27-29-25(31)24(30)28-20-11-7-8-12-21(20)32-2/h4-15H,3,16H2,1-2H3,(H,28,30)(H,29,31)/b27-15-. The van der Waals surface area contributed by atoms with Gasteiger partial charge in [-0.05, 0) is 42.3 Å². The van der Waals surface area contributed by atoms with E-state index in [-0.39, 0.29) is 0 Å². The molecule has 3 aromatic carbocycles. The first-order chi connectivity index (χ1) is 16.5. The Morgan fingerprint density at radius 1 is 0.971 bits per heavy atom. The number of halogens is 1. The Morgan fingerprint density at radius 3 is 2.44 bits per heavy atom. The number of hydrogen-bond donors (Lipinski definition) is 2. The second kappa shape index (κ2) is 12.3. The maximum atomic E-state index is 12.1. The van der Waals surface area contributed by atoms with Crippen molar-refractivity contribution in [3.63, 3.8) is 0 Å². The molecule has 2 amide bonds. The van der Waals surface area contributed by atoms with Crippen LogP contribution >= 0.6 is 11.6 Å². The number of anilines is 1. The maximum absolute atomic E-state index is 12.1. The average Bonchev–Trinajstić information content (AvgIpc) is 2.84. The lowest BCUT2D eigenvalue weighted by Gasteiger charge is -2.14. The number of hydrogen-bond acceptors (Lipinski definition) is 6. The Hall–Kier alpha value is -4.04. The lowest BCUT2D eigenvalue weighted by Crippen LogP contribution is -2.32. The van der Waals surface area contributed by atoms with Crippen molar-refractivity contribution in [1.29, 1.82) is 0 Å². The Morgan fingerprint density at radius 2 is 1.71 bits per heavy atom. The summed E-state index contributed by atoms with van der Waals surface area (Å²) in [5.41, 5.74) is 4.09. The second-order valence-corrected chi connectivity index (χ2v) is 7.30. The monoisotopic (exact) mass is 481 g/mol. The first-order valence-corrected chi connectivity index (χ1v) is 10.8. The Labute approximate surface area is 202 Å². The fourth-order valence-electron chi connectivity index (χ4n) is 2.94. The van der Waals surface area contributed by atoms with Crippen molar-refractivity contribution < 1.29 is 23.8 Å². The number of carbonyl (C=O) groups is 2. The average molecular weight is 482 g/mol. The van der Waals surface area contributed by atoms with Crippen molar-refractivity contribution >= 4 is 35.3 Å². The van der Waals surface area contributed by atoms with Crippen LogP contribution in [0.15, 0.2) is 71.8 Å². The number of ether oxygens (including phenoxy) is 3. The van der Waals surface area contributed by atoms with E-state index in [0.29, 0.717) is 46.7 Å². The van der Waals surface area contributed by atoms with Crippen LogP contribution in [0.4, 0.5) is 5.69 Å². The molecular weight excluding hydrogens is 458 g/mol. The van der Waals surface area contributed by atoms with Gasteiger partial charge in [0.05, 0.1) is 30.6 Å². The molecule has 3 aromatic rings. The molecule has 0 heterocycles. The highest BCUT2D eigenvalue weighted by molar-refractivity contribution is 6.39. The third-order valence-corrected chi connectivity index (χ3v) is 4.78. The van der Waals surface area contributed by atoms with Gasteiger partial charge in [0.1, 0.15) is 12.4 Å². The number of rotatable bonds is 9. The summed E-state index contributed by atoms with van der Waals surface area (Å²) in [5, 5.41) is 6.64. The molecule has 0 radical (unpaired) electrons. The molecule has 0 aliphatic rings. The van der Waals surface area contributed by atoms with E-state index in [2.05, 4.69) is 15.8 Å². The second-order valence-electron chi connectivity index (χ2n) is 6.89. The largest absolute Gasteiger partial charge is 0.495 e. The van der Waals surface area contributed by atoms with Crippen molar-refractivity contribution in [2.24, 2.45) is 5.10 Å². The minimum Gasteiger partial charge on any atom is -0.495 e. The van der Waals surface area contributed by atoms with Gasteiger partial charge in [0.15, 0.2) is 11.5 Å². The Kier molecular flexibility index (Phi) is 8.88. The zero-order valence-electron chi connectivity index (χ0n) is 18.7. The van der Waals surface area contributed by atoms with E-state index >= 15 is 0 Å². The number of para-hydroxylation sites is 2. The molecule has 0 unspecified atom stereocenters. The van der Waals surface area contributed by atoms with E-state index < -0.39 is 11.8 Å². The molecule has 34 heavy (non-hydrogen) atoms. The quantitative estimate of drug-likeness (QED) is 0.268. The highest BCUT2D eigenvalue weighted by Crippen LogP contribution is 2.37. The van der Waals surface area contributed by atoms with E-state index in [9.17, 15) is 9.59 Å². The van der Waals surface area contributed by atoms with Gasteiger partial charge < -0.3 is 19.5 Å². The summed E-state index contributed by atoms with van der Waals surface area (Å²) in [5.74, 6) is -0.558. The van der Waals surface area contributed by atoms with Crippen LogP contribution in [-0.2, 0) is 16.2 Å². The van der Waals surface area contributed by atoms with Crippen molar-refractivity contribution in [2.75, 3.05) is 19.0 Å². The molecule has 2 N–H and O–H groups in total. The number of amides is 2. The fraction of sp³-hybridized carbons (Fsp3) is 0.160. The summed E-state index contributed by atoms with van der Waals surface area (Å²) in [4.78, 5) is 24.2. The molecule has 0 saturated carbocycles. The molecule has 0 spiro atoms. The number of nitrogens with zero attached hydrogens (tertiary/aromatic N) is 1. The number of methoxy groups -OCH3 is 1. The Bertz CT molecular complexity index is 1170. The fourth-order valence-corrected chi connectivity index (χ4v) is 3.21. The molecule has 8 nitrogen and oxygen atoms in total. The normalized spacial score (nSPS) is 10.6. The van der Waals surface area contributed by atoms with Gasteiger partial charge in [0.25, 0.3) is 0 Å². The predicted octanol–water partition coefficient (Wildman–Crippen LogP) is 4.42. The van der Waals surface area contributed by atoms with Gasteiger partial charge in [-0.25, -0.2) is 5.43 Å². The van der Waals surface area contributed by atoms with Gasteiger partial charge >= 0.3 is 11.8 Å². The van der Waals surface area contributed by atoms with E-state index in [1.165, 1.54) is 13.3 Å². The van der Waals surface area contributed by atoms with Crippen molar-refractivity contribution in [3.05, 3.63) is 82.9 Å². The van der Waals surface area contributed by atoms with Crippen LogP contribution in [0.5, 0.6) is 17.2 Å². The van der Waals surface area contributed by atoms with Crippen LogP contribution < -0.4 is 25.0 Å². The van der Waals surface area contributed by atoms with Crippen molar-refractivity contribution in [3.8, 4) is 17.2 Å². The zero-order valence-corrected chi connectivity index (χ0v) is 19.5. The summed E-state index contributed by atoms with van der Waals surface area (Å²) in [6, 6.07) is 19.7. The molecule has 0 aliphatic heterocycles.